The Bertz CT molecular complexity index is 479. The zero-order chi connectivity index (χ0) is 15.5. The Hall–Kier alpha value is -1.55. The van der Waals surface area contributed by atoms with E-state index in [-0.39, 0.29) is 18.5 Å². The Morgan fingerprint density at radius 1 is 1.33 bits per heavy atom. The van der Waals surface area contributed by atoms with Crippen molar-refractivity contribution in [3.63, 3.8) is 0 Å². The summed E-state index contributed by atoms with van der Waals surface area (Å²) in [6, 6.07) is 7.93. The molecule has 1 aromatic rings. The maximum absolute atomic E-state index is 12.1. The zero-order valence-corrected chi connectivity index (χ0v) is 13.1. The van der Waals surface area contributed by atoms with Crippen LogP contribution in [0.25, 0.3) is 0 Å². The van der Waals surface area contributed by atoms with Crippen LogP contribution in [0.4, 0.5) is 0 Å². The van der Waals surface area contributed by atoms with E-state index in [1.807, 2.05) is 24.3 Å². The molecule has 116 valence electrons. The Balaban J connectivity index is 2.00. The number of carbonyl (C=O) groups excluding carboxylic acids is 1. The highest BCUT2D eigenvalue weighted by atomic mass is 16.5. The fourth-order valence-electron chi connectivity index (χ4n) is 2.36. The highest BCUT2D eigenvalue weighted by Crippen LogP contribution is 2.39. The van der Waals surface area contributed by atoms with Gasteiger partial charge in [0.15, 0.2) is 5.54 Å². The number of carbonyl (C=O) groups is 1. The third kappa shape index (κ3) is 3.76. The summed E-state index contributed by atoms with van der Waals surface area (Å²) < 4.78 is 10.9. The minimum atomic E-state index is -1.02. The highest BCUT2D eigenvalue weighted by molar-refractivity contribution is 5.81. The third-order valence-electron chi connectivity index (χ3n) is 3.99. The van der Waals surface area contributed by atoms with Gasteiger partial charge in [0.25, 0.3) is 0 Å². The smallest absolute Gasteiger partial charge is 0.329 e. The lowest BCUT2D eigenvalue weighted by Crippen LogP contribution is -2.55. The predicted molar refractivity (Wildman–Crippen MR) is 82.3 cm³/mol. The van der Waals surface area contributed by atoms with Crippen LogP contribution in [0, 0.1) is 5.92 Å². The maximum atomic E-state index is 12.1. The summed E-state index contributed by atoms with van der Waals surface area (Å²) in [5, 5.41) is 0. The van der Waals surface area contributed by atoms with Crippen LogP contribution in [-0.2, 0) is 9.53 Å². The number of hydrogen-bond acceptors (Lipinski definition) is 4. The second-order valence-electron chi connectivity index (χ2n) is 6.05. The van der Waals surface area contributed by atoms with Crippen molar-refractivity contribution < 1.29 is 14.3 Å². The van der Waals surface area contributed by atoms with Crippen molar-refractivity contribution >= 4 is 5.97 Å². The van der Waals surface area contributed by atoms with Gasteiger partial charge in [0, 0.05) is 0 Å². The minimum absolute atomic E-state index is 0.164. The molecule has 1 aromatic carbocycles. The molecule has 0 aliphatic heterocycles. The molecule has 0 saturated heterocycles. The molecule has 0 heterocycles. The van der Waals surface area contributed by atoms with Crippen LogP contribution in [0.1, 0.15) is 45.1 Å². The average Bonchev–Trinajstić information content (AvgIpc) is 3.30. The molecule has 21 heavy (non-hydrogen) atoms. The molecule has 0 spiro atoms. The van der Waals surface area contributed by atoms with Crippen molar-refractivity contribution in [3.05, 3.63) is 29.8 Å². The summed E-state index contributed by atoms with van der Waals surface area (Å²) in [6.45, 7) is 6.59. The van der Waals surface area contributed by atoms with Gasteiger partial charge in [-0.3, -0.25) is 0 Å². The van der Waals surface area contributed by atoms with Gasteiger partial charge in [-0.25, -0.2) is 4.79 Å². The van der Waals surface area contributed by atoms with E-state index in [4.69, 9.17) is 15.2 Å². The summed E-state index contributed by atoms with van der Waals surface area (Å²) in [7, 11) is 0. The number of benzene rings is 1. The monoisotopic (exact) mass is 291 g/mol. The second kappa shape index (κ2) is 6.48. The van der Waals surface area contributed by atoms with Crippen molar-refractivity contribution in [1.29, 1.82) is 0 Å². The topological polar surface area (TPSA) is 61.5 Å². The molecule has 4 nitrogen and oxygen atoms in total. The van der Waals surface area contributed by atoms with E-state index in [9.17, 15) is 4.79 Å². The standard InChI is InChI=1S/C17H25NO3/c1-4-20-16(19)17(18,14-7-8-14)11-21-15-9-5-13(6-10-15)12(2)3/h5-6,9-10,12,14H,4,7-8,11,18H2,1-3H3. The Kier molecular flexibility index (Phi) is 4.88. The largest absolute Gasteiger partial charge is 0.491 e. The quantitative estimate of drug-likeness (QED) is 0.785. The summed E-state index contributed by atoms with van der Waals surface area (Å²) in [6.07, 6.45) is 1.93. The van der Waals surface area contributed by atoms with Gasteiger partial charge < -0.3 is 15.2 Å². The van der Waals surface area contributed by atoms with E-state index in [0.29, 0.717) is 12.5 Å². The molecule has 4 heteroatoms. The van der Waals surface area contributed by atoms with Gasteiger partial charge in [-0.05, 0) is 49.3 Å². The van der Waals surface area contributed by atoms with Crippen LogP contribution in [-0.4, -0.2) is 24.7 Å². The molecule has 2 rings (SSSR count). The van der Waals surface area contributed by atoms with E-state index in [1.54, 1.807) is 6.92 Å². The number of ether oxygens (including phenoxy) is 2. The van der Waals surface area contributed by atoms with E-state index < -0.39 is 5.54 Å². The van der Waals surface area contributed by atoms with E-state index >= 15 is 0 Å². The Morgan fingerprint density at radius 3 is 2.43 bits per heavy atom. The van der Waals surface area contributed by atoms with Crippen LogP contribution < -0.4 is 10.5 Å². The summed E-state index contributed by atoms with van der Waals surface area (Å²) >= 11 is 0. The lowest BCUT2D eigenvalue weighted by Gasteiger charge is -2.27. The first-order valence-electron chi connectivity index (χ1n) is 7.66. The van der Waals surface area contributed by atoms with Crippen LogP contribution in [0.15, 0.2) is 24.3 Å². The first-order chi connectivity index (χ1) is 9.97. The Labute approximate surface area is 126 Å². The predicted octanol–water partition coefficient (Wildman–Crippen LogP) is 2.86. The van der Waals surface area contributed by atoms with Crippen molar-refractivity contribution in [1.82, 2.24) is 0 Å². The summed E-state index contributed by atoms with van der Waals surface area (Å²) in [5.41, 5.74) is 6.50. The lowest BCUT2D eigenvalue weighted by molar-refractivity contribution is -0.151. The molecule has 1 aliphatic carbocycles. The maximum Gasteiger partial charge on any atom is 0.329 e. The van der Waals surface area contributed by atoms with Crippen molar-refractivity contribution in [2.45, 2.75) is 45.1 Å². The number of esters is 1. The SMILES string of the molecule is CCOC(=O)C(N)(COc1ccc(C(C)C)cc1)C1CC1. The molecule has 0 amide bonds. The average molecular weight is 291 g/mol. The highest BCUT2D eigenvalue weighted by Gasteiger charge is 2.50. The normalized spacial score (nSPS) is 17.4. The van der Waals surface area contributed by atoms with Gasteiger partial charge in [-0.1, -0.05) is 26.0 Å². The van der Waals surface area contributed by atoms with Crippen LogP contribution in [0.3, 0.4) is 0 Å². The van der Waals surface area contributed by atoms with Gasteiger partial charge in [0.05, 0.1) is 6.61 Å². The van der Waals surface area contributed by atoms with Gasteiger partial charge in [0.1, 0.15) is 12.4 Å². The molecule has 1 saturated carbocycles. The number of rotatable bonds is 7. The lowest BCUT2D eigenvalue weighted by atomic mass is 9.96. The second-order valence-corrected chi connectivity index (χ2v) is 6.05. The van der Waals surface area contributed by atoms with Gasteiger partial charge in [0.2, 0.25) is 0 Å². The van der Waals surface area contributed by atoms with Gasteiger partial charge >= 0.3 is 5.97 Å². The summed E-state index contributed by atoms with van der Waals surface area (Å²) in [4.78, 5) is 12.1. The molecule has 2 N–H and O–H groups in total. The first kappa shape index (κ1) is 15.8. The first-order valence-corrected chi connectivity index (χ1v) is 7.66. The van der Waals surface area contributed by atoms with Crippen LogP contribution in [0.2, 0.25) is 0 Å². The van der Waals surface area contributed by atoms with Gasteiger partial charge in [-0.2, -0.15) is 0 Å². The fourth-order valence-corrected chi connectivity index (χ4v) is 2.36. The number of nitrogens with two attached hydrogens (primary N) is 1. The van der Waals surface area contributed by atoms with Crippen LogP contribution in [0.5, 0.6) is 5.75 Å². The van der Waals surface area contributed by atoms with Gasteiger partial charge in [-0.15, -0.1) is 0 Å². The summed E-state index contributed by atoms with van der Waals surface area (Å²) in [5.74, 6) is 1.04. The van der Waals surface area contributed by atoms with Crippen molar-refractivity contribution in [2.75, 3.05) is 13.2 Å². The van der Waals surface area contributed by atoms with Crippen molar-refractivity contribution in [3.8, 4) is 5.75 Å². The van der Waals surface area contributed by atoms with Crippen molar-refractivity contribution in [2.24, 2.45) is 11.7 Å². The molecule has 1 aliphatic rings. The third-order valence-corrected chi connectivity index (χ3v) is 3.99. The molecule has 0 bridgehead atoms. The van der Waals surface area contributed by atoms with Crippen LogP contribution >= 0.6 is 0 Å². The fraction of sp³-hybridized carbons (Fsp3) is 0.588. The molecule has 1 atom stereocenters. The molecular weight excluding hydrogens is 266 g/mol. The molecule has 1 unspecified atom stereocenters. The molecular formula is C17H25NO3. The number of hydrogen-bond donors (Lipinski definition) is 1. The molecule has 1 fully saturated rings. The van der Waals surface area contributed by atoms with E-state index in [2.05, 4.69) is 13.8 Å². The Morgan fingerprint density at radius 2 is 1.95 bits per heavy atom. The minimum Gasteiger partial charge on any atom is -0.491 e. The molecule has 0 radical (unpaired) electrons. The van der Waals surface area contributed by atoms with E-state index in [1.165, 1.54) is 5.56 Å². The zero-order valence-electron chi connectivity index (χ0n) is 13.1. The van der Waals surface area contributed by atoms with E-state index in [0.717, 1.165) is 18.6 Å². The molecule has 0 aromatic heterocycles.